The second-order valence-corrected chi connectivity index (χ2v) is 9.47. The highest BCUT2D eigenvalue weighted by Crippen LogP contribution is 2.41. The molecule has 0 atom stereocenters. The van der Waals surface area contributed by atoms with E-state index in [4.69, 9.17) is 4.74 Å². The van der Waals surface area contributed by atoms with Gasteiger partial charge in [0.1, 0.15) is 0 Å². The fraction of sp³-hybridized carbons (Fsp3) is 0.880. The molecule has 2 nitrogen and oxygen atoms in total. The van der Waals surface area contributed by atoms with Gasteiger partial charge in [0.05, 0.1) is 6.10 Å². The van der Waals surface area contributed by atoms with Gasteiger partial charge >= 0.3 is 0 Å². The predicted octanol–water partition coefficient (Wildman–Crippen LogP) is 7.80. The van der Waals surface area contributed by atoms with Gasteiger partial charge in [0, 0.05) is 13.0 Å². The minimum Gasteiger partial charge on any atom is -0.379 e. The molecule has 0 amide bonds. The summed E-state index contributed by atoms with van der Waals surface area (Å²) in [5.74, 6) is 0.386. The molecule has 0 bridgehead atoms. The maximum absolute atomic E-state index is 12.0. The second kappa shape index (κ2) is 13.5. The van der Waals surface area contributed by atoms with E-state index in [1.165, 1.54) is 76.2 Å². The Kier molecular flexibility index (Phi) is 12.2. The lowest BCUT2D eigenvalue weighted by atomic mass is 9.70. The lowest BCUT2D eigenvalue weighted by Gasteiger charge is -2.34. The topological polar surface area (TPSA) is 26.3 Å². The van der Waals surface area contributed by atoms with E-state index in [1.54, 1.807) is 0 Å². The van der Waals surface area contributed by atoms with E-state index in [-0.39, 0.29) is 5.41 Å². The zero-order valence-electron chi connectivity index (χ0n) is 19.0. The number of allylic oxidation sites excluding steroid dienone is 2. The van der Waals surface area contributed by atoms with Crippen LogP contribution in [0.25, 0.3) is 0 Å². The van der Waals surface area contributed by atoms with Crippen molar-refractivity contribution in [2.75, 3.05) is 6.61 Å². The molecule has 0 heterocycles. The van der Waals surface area contributed by atoms with Crippen molar-refractivity contribution in [1.82, 2.24) is 0 Å². The molecular weight excluding hydrogens is 332 g/mol. The zero-order chi connectivity index (χ0) is 20.1. The number of unbranched alkanes of at least 4 members (excludes halogenated alkanes) is 10. The molecule has 1 aliphatic rings. The third-order valence-corrected chi connectivity index (χ3v) is 6.19. The summed E-state index contributed by atoms with van der Waals surface area (Å²) in [6.07, 6.45) is 18.1. The molecule has 0 spiro atoms. The van der Waals surface area contributed by atoms with E-state index in [1.807, 2.05) is 0 Å². The van der Waals surface area contributed by atoms with Crippen molar-refractivity contribution < 1.29 is 9.53 Å². The smallest absolute Gasteiger partial charge is 0.158 e. The van der Waals surface area contributed by atoms with Crippen LogP contribution in [0.3, 0.4) is 0 Å². The van der Waals surface area contributed by atoms with E-state index in [9.17, 15) is 4.79 Å². The number of rotatable bonds is 15. The van der Waals surface area contributed by atoms with E-state index < -0.39 is 0 Å². The van der Waals surface area contributed by atoms with Crippen LogP contribution in [-0.4, -0.2) is 18.5 Å². The molecule has 1 aliphatic carbocycles. The Bertz CT molecular complexity index is 445. The highest BCUT2D eigenvalue weighted by atomic mass is 16.5. The first kappa shape index (κ1) is 24.4. The molecule has 0 radical (unpaired) electrons. The lowest BCUT2D eigenvalue weighted by molar-refractivity contribution is -0.116. The minimum absolute atomic E-state index is 0.235. The van der Waals surface area contributed by atoms with Gasteiger partial charge in [-0.05, 0) is 57.4 Å². The minimum atomic E-state index is 0.235. The fourth-order valence-corrected chi connectivity index (χ4v) is 4.28. The van der Waals surface area contributed by atoms with Gasteiger partial charge in [-0.3, -0.25) is 4.79 Å². The van der Waals surface area contributed by atoms with E-state index in [0.717, 1.165) is 31.4 Å². The molecule has 0 aliphatic heterocycles. The Morgan fingerprint density at radius 3 is 1.85 bits per heavy atom. The average Bonchev–Trinajstić information content (AvgIpc) is 2.61. The SMILES string of the molecule is CC1=C(CCCCCCCCCCCCCOC(C)C)C(C)(C)CCC1=O. The summed E-state index contributed by atoms with van der Waals surface area (Å²) in [5.41, 5.74) is 2.75. The van der Waals surface area contributed by atoms with Gasteiger partial charge in [0.25, 0.3) is 0 Å². The number of carbonyl (C=O) groups excluding carboxylic acids is 1. The highest BCUT2D eigenvalue weighted by Gasteiger charge is 2.31. The van der Waals surface area contributed by atoms with Crippen molar-refractivity contribution in [2.45, 2.75) is 131 Å². The molecule has 158 valence electrons. The third-order valence-electron chi connectivity index (χ3n) is 6.19. The van der Waals surface area contributed by atoms with Crippen LogP contribution in [0.4, 0.5) is 0 Å². The molecule has 1 rings (SSSR count). The van der Waals surface area contributed by atoms with Gasteiger partial charge in [-0.1, -0.05) is 77.2 Å². The van der Waals surface area contributed by atoms with Crippen LogP contribution in [-0.2, 0) is 9.53 Å². The summed E-state index contributed by atoms with van der Waals surface area (Å²) >= 11 is 0. The van der Waals surface area contributed by atoms with Gasteiger partial charge in [-0.2, -0.15) is 0 Å². The van der Waals surface area contributed by atoms with Gasteiger partial charge in [0.15, 0.2) is 5.78 Å². The summed E-state index contributed by atoms with van der Waals surface area (Å²) < 4.78 is 5.58. The van der Waals surface area contributed by atoms with Crippen LogP contribution in [0.2, 0.25) is 0 Å². The van der Waals surface area contributed by atoms with Crippen molar-refractivity contribution in [1.29, 1.82) is 0 Å². The van der Waals surface area contributed by atoms with Gasteiger partial charge in [-0.25, -0.2) is 0 Å². The third kappa shape index (κ3) is 10.5. The summed E-state index contributed by atoms with van der Waals surface area (Å²) in [6, 6.07) is 0. The molecule has 0 unspecified atom stereocenters. The number of Topliss-reactive ketones (excluding diaryl/α,β-unsaturated/α-hetero) is 1. The number of ketones is 1. The fourth-order valence-electron chi connectivity index (χ4n) is 4.28. The predicted molar refractivity (Wildman–Crippen MR) is 117 cm³/mol. The Morgan fingerprint density at radius 2 is 1.33 bits per heavy atom. The summed E-state index contributed by atoms with van der Waals surface area (Å²) in [4.78, 5) is 12.0. The Morgan fingerprint density at radius 1 is 0.852 bits per heavy atom. The number of hydrogen-bond donors (Lipinski definition) is 0. The lowest BCUT2D eigenvalue weighted by Crippen LogP contribution is -2.25. The Hall–Kier alpha value is -0.630. The molecule has 0 fully saturated rings. The van der Waals surface area contributed by atoms with Crippen LogP contribution in [0.15, 0.2) is 11.1 Å². The van der Waals surface area contributed by atoms with Crippen molar-refractivity contribution in [3.05, 3.63) is 11.1 Å². The van der Waals surface area contributed by atoms with Crippen molar-refractivity contribution in [3.63, 3.8) is 0 Å². The standard InChI is InChI=1S/C25H46O2/c1-21(2)27-20-16-14-12-10-8-6-7-9-11-13-15-17-23-22(3)24(26)18-19-25(23,4)5/h21H,6-20H2,1-5H3. The Balaban J connectivity index is 1.95. The van der Waals surface area contributed by atoms with Crippen LogP contribution >= 0.6 is 0 Å². The maximum atomic E-state index is 12.0. The summed E-state index contributed by atoms with van der Waals surface area (Å²) in [7, 11) is 0. The molecule has 27 heavy (non-hydrogen) atoms. The molecule has 0 aromatic heterocycles. The average molecular weight is 379 g/mol. The first-order chi connectivity index (χ1) is 12.8. The first-order valence-electron chi connectivity index (χ1n) is 11.7. The van der Waals surface area contributed by atoms with Crippen LogP contribution in [0.5, 0.6) is 0 Å². The van der Waals surface area contributed by atoms with Crippen molar-refractivity contribution in [3.8, 4) is 0 Å². The molecule has 0 aromatic rings. The molecule has 0 saturated carbocycles. The van der Waals surface area contributed by atoms with Crippen molar-refractivity contribution >= 4 is 5.78 Å². The van der Waals surface area contributed by atoms with Crippen molar-refractivity contribution in [2.24, 2.45) is 5.41 Å². The van der Waals surface area contributed by atoms with E-state index in [2.05, 4.69) is 34.6 Å². The normalized spacial score (nSPS) is 17.2. The van der Waals surface area contributed by atoms with Crippen LogP contribution in [0.1, 0.15) is 125 Å². The molecule has 0 N–H and O–H groups in total. The van der Waals surface area contributed by atoms with Gasteiger partial charge < -0.3 is 4.74 Å². The van der Waals surface area contributed by atoms with E-state index in [0.29, 0.717) is 11.9 Å². The monoisotopic (exact) mass is 378 g/mol. The van der Waals surface area contributed by atoms with Crippen LogP contribution in [0, 0.1) is 5.41 Å². The maximum Gasteiger partial charge on any atom is 0.158 e. The van der Waals surface area contributed by atoms with Gasteiger partial charge in [-0.15, -0.1) is 0 Å². The number of hydrogen-bond acceptors (Lipinski definition) is 2. The zero-order valence-corrected chi connectivity index (χ0v) is 19.0. The number of ether oxygens (including phenoxy) is 1. The summed E-state index contributed by atoms with van der Waals surface area (Å²) in [6.45, 7) is 11.8. The van der Waals surface area contributed by atoms with Crippen LogP contribution < -0.4 is 0 Å². The molecule has 2 heteroatoms. The first-order valence-corrected chi connectivity index (χ1v) is 11.7. The molecule has 0 saturated heterocycles. The second-order valence-electron chi connectivity index (χ2n) is 9.47. The molecular formula is C25H46O2. The largest absolute Gasteiger partial charge is 0.379 e. The number of carbonyl (C=O) groups is 1. The highest BCUT2D eigenvalue weighted by molar-refractivity contribution is 5.96. The summed E-state index contributed by atoms with van der Waals surface area (Å²) in [5, 5.41) is 0. The Labute approximate surface area is 169 Å². The molecule has 0 aromatic carbocycles. The quantitative estimate of drug-likeness (QED) is 0.272. The van der Waals surface area contributed by atoms with E-state index >= 15 is 0 Å². The van der Waals surface area contributed by atoms with Gasteiger partial charge in [0.2, 0.25) is 0 Å².